The molecule has 0 bridgehead atoms. The van der Waals surface area contributed by atoms with Gasteiger partial charge in [-0.3, -0.25) is 18.6 Å². The normalized spacial score (nSPS) is 14.4. The molecule has 3 atom stereocenters. The van der Waals surface area contributed by atoms with Gasteiger partial charge in [0.05, 0.1) is 26.4 Å². The summed E-state index contributed by atoms with van der Waals surface area (Å²) in [6.45, 7) is 1.97. The van der Waals surface area contributed by atoms with Crippen LogP contribution in [0.1, 0.15) is 149 Å². The number of hydrogen-bond acceptors (Lipinski definition) is 9. The number of aliphatic hydroxyl groups is 2. The second kappa shape index (κ2) is 30.4. The smallest absolute Gasteiger partial charge is 0.457 e. The average molecular weight is 651 g/mol. The Labute approximate surface area is 266 Å². The van der Waals surface area contributed by atoms with Gasteiger partial charge in [-0.25, -0.2) is 4.57 Å². The third-order valence-corrected chi connectivity index (χ3v) is 8.18. The monoisotopic (exact) mass is 650 g/mol. The van der Waals surface area contributed by atoms with Crippen LogP contribution in [0.5, 0.6) is 0 Å². The summed E-state index contributed by atoms with van der Waals surface area (Å²) >= 11 is 0. The number of carbonyl (C=O) groups excluding carboxylic acids is 2. The van der Waals surface area contributed by atoms with Gasteiger partial charge in [-0.05, 0) is 38.5 Å². The largest absolute Gasteiger partial charge is 0.472 e. The summed E-state index contributed by atoms with van der Waals surface area (Å²) in [5.41, 5.74) is 0. The number of phosphoric ester groups is 1. The van der Waals surface area contributed by atoms with E-state index < -0.39 is 58.4 Å². The Balaban J connectivity index is 3.87. The fourth-order valence-electron chi connectivity index (χ4n) is 4.52. The number of hydrogen-bond donors (Lipinski definition) is 3. The molecule has 3 N–H and O–H groups in total. The van der Waals surface area contributed by atoms with Crippen molar-refractivity contribution < 1.29 is 47.8 Å². The first kappa shape index (κ1) is 42.7. The number of aliphatic hydroxyl groups excluding tert-OH is 2. The highest BCUT2D eigenvalue weighted by Crippen LogP contribution is 2.43. The maximum absolute atomic E-state index is 12.2. The third-order valence-electron chi connectivity index (χ3n) is 7.23. The standard InChI is InChI=1S/C33H63O10P/c1-3-5-7-8-9-10-11-12-13-14-15-16-17-18-19-20-21-23-25-33(37)43-31(27-35)29-41-44(38,39)40-28-30(26-34)42-32(36)24-22-6-4-2/h13-14,30-31,34-35H,3-12,15-29H2,1-2H3,(H,38,39)/b14-13-. The van der Waals surface area contributed by atoms with Gasteiger partial charge in [-0.1, -0.05) is 109 Å². The molecule has 0 saturated heterocycles. The van der Waals surface area contributed by atoms with E-state index in [4.69, 9.17) is 18.5 Å². The van der Waals surface area contributed by atoms with E-state index in [0.29, 0.717) is 12.8 Å². The number of carbonyl (C=O) groups is 2. The van der Waals surface area contributed by atoms with Crippen LogP contribution in [0.25, 0.3) is 0 Å². The Kier molecular flexibility index (Phi) is 29.5. The molecule has 11 heteroatoms. The lowest BCUT2D eigenvalue weighted by atomic mass is 10.1. The lowest BCUT2D eigenvalue weighted by Gasteiger charge is -2.20. The molecule has 0 aromatic carbocycles. The zero-order valence-electron chi connectivity index (χ0n) is 27.6. The van der Waals surface area contributed by atoms with E-state index in [-0.39, 0.29) is 12.8 Å². The van der Waals surface area contributed by atoms with Gasteiger partial charge in [-0.15, -0.1) is 0 Å². The highest BCUT2D eigenvalue weighted by molar-refractivity contribution is 7.47. The van der Waals surface area contributed by atoms with Crippen LogP contribution in [0.3, 0.4) is 0 Å². The molecule has 0 saturated carbocycles. The number of allylic oxidation sites excluding steroid dienone is 2. The SMILES string of the molecule is CCCCCCCCC/C=C\CCCCCCCCCC(=O)OC(CO)COP(=O)(O)OCC(CO)OC(=O)CCCCC. The molecule has 0 heterocycles. The summed E-state index contributed by atoms with van der Waals surface area (Å²) < 4.78 is 32.0. The van der Waals surface area contributed by atoms with Crippen molar-refractivity contribution in [3.05, 3.63) is 12.2 Å². The molecule has 0 aliphatic rings. The fourth-order valence-corrected chi connectivity index (χ4v) is 5.30. The van der Waals surface area contributed by atoms with E-state index in [1.54, 1.807) is 0 Å². The van der Waals surface area contributed by atoms with E-state index in [1.807, 2.05) is 6.92 Å². The Hall–Kier alpha value is -1.29. The highest BCUT2D eigenvalue weighted by atomic mass is 31.2. The zero-order chi connectivity index (χ0) is 32.7. The fraction of sp³-hybridized carbons (Fsp3) is 0.879. The lowest BCUT2D eigenvalue weighted by Crippen LogP contribution is -2.28. The minimum atomic E-state index is -4.60. The van der Waals surface area contributed by atoms with Crippen LogP contribution >= 0.6 is 7.82 Å². The first-order chi connectivity index (χ1) is 21.3. The minimum absolute atomic E-state index is 0.179. The molecule has 0 radical (unpaired) electrons. The minimum Gasteiger partial charge on any atom is -0.457 e. The highest BCUT2D eigenvalue weighted by Gasteiger charge is 2.27. The number of phosphoric acid groups is 1. The maximum Gasteiger partial charge on any atom is 0.472 e. The molecule has 260 valence electrons. The Morgan fingerprint density at radius 1 is 0.591 bits per heavy atom. The van der Waals surface area contributed by atoms with Crippen molar-refractivity contribution in [1.29, 1.82) is 0 Å². The van der Waals surface area contributed by atoms with E-state index >= 15 is 0 Å². The molecule has 0 amide bonds. The topological polar surface area (TPSA) is 149 Å². The first-order valence-corrected chi connectivity index (χ1v) is 18.6. The maximum atomic E-state index is 12.2. The zero-order valence-corrected chi connectivity index (χ0v) is 28.5. The molecule has 0 aliphatic heterocycles. The number of ether oxygens (including phenoxy) is 2. The van der Waals surface area contributed by atoms with Crippen molar-refractivity contribution >= 4 is 19.8 Å². The molecule has 0 aliphatic carbocycles. The van der Waals surface area contributed by atoms with Crippen molar-refractivity contribution in [2.75, 3.05) is 26.4 Å². The number of unbranched alkanes of at least 4 members (excludes halogenated alkanes) is 16. The molecule has 10 nitrogen and oxygen atoms in total. The summed E-state index contributed by atoms with van der Waals surface area (Å²) in [4.78, 5) is 33.8. The van der Waals surface area contributed by atoms with Gasteiger partial charge < -0.3 is 24.6 Å². The molecule has 3 unspecified atom stereocenters. The average Bonchev–Trinajstić information content (AvgIpc) is 3.00. The Morgan fingerprint density at radius 3 is 1.34 bits per heavy atom. The molecule has 0 fully saturated rings. The second-order valence-corrected chi connectivity index (χ2v) is 13.0. The van der Waals surface area contributed by atoms with E-state index in [9.17, 15) is 29.3 Å². The lowest BCUT2D eigenvalue weighted by molar-refractivity contribution is -0.153. The quantitative estimate of drug-likeness (QED) is 0.0286. The summed E-state index contributed by atoms with van der Waals surface area (Å²) in [5.74, 6) is -1.05. The third kappa shape index (κ3) is 28.2. The van der Waals surface area contributed by atoms with Crippen LogP contribution in [-0.2, 0) is 32.7 Å². The van der Waals surface area contributed by atoms with Crippen LogP contribution in [0.4, 0.5) is 0 Å². The van der Waals surface area contributed by atoms with Gasteiger partial charge in [0.25, 0.3) is 0 Å². The van der Waals surface area contributed by atoms with Crippen molar-refractivity contribution in [2.24, 2.45) is 0 Å². The van der Waals surface area contributed by atoms with Crippen LogP contribution in [0.2, 0.25) is 0 Å². The van der Waals surface area contributed by atoms with Gasteiger partial charge in [0.1, 0.15) is 12.2 Å². The summed E-state index contributed by atoms with van der Waals surface area (Å²) in [6.07, 6.45) is 24.4. The second-order valence-electron chi connectivity index (χ2n) is 11.5. The van der Waals surface area contributed by atoms with Crippen LogP contribution < -0.4 is 0 Å². The Morgan fingerprint density at radius 2 is 0.932 bits per heavy atom. The van der Waals surface area contributed by atoms with Gasteiger partial charge in [0.15, 0.2) is 0 Å². The molecule has 0 aromatic rings. The van der Waals surface area contributed by atoms with E-state index in [0.717, 1.165) is 38.5 Å². The van der Waals surface area contributed by atoms with Gasteiger partial charge in [0.2, 0.25) is 0 Å². The predicted octanol–water partition coefficient (Wildman–Crippen LogP) is 7.72. The summed E-state index contributed by atoms with van der Waals surface area (Å²) in [5, 5.41) is 18.8. The molecular formula is C33H63O10P. The molecule has 0 spiro atoms. The molecule has 0 aromatic heterocycles. The van der Waals surface area contributed by atoms with Crippen LogP contribution in [0.15, 0.2) is 12.2 Å². The molecular weight excluding hydrogens is 587 g/mol. The predicted molar refractivity (Wildman–Crippen MR) is 173 cm³/mol. The van der Waals surface area contributed by atoms with E-state index in [1.165, 1.54) is 70.6 Å². The summed E-state index contributed by atoms with van der Waals surface area (Å²) in [7, 11) is -4.60. The van der Waals surface area contributed by atoms with Crippen LogP contribution in [0, 0.1) is 0 Å². The van der Waals surface area contributed by atoms with Crippen molar-refractivity contribution in [3.8, 4) is 0 Å². The van der Waals surface area contributed by atoms with Crippen molar-refractivity contribution in [1.82, 2.24) is 0 Å². The molecule has 44 heavy (non-hydrogen) atoms. The van der Waals surface area contributed by atoms with E-state index in [2.05, 4.69) is 19.1 Å². The molecule has 0 rings (SSSR count). The Bertz CT molecular complexity index is 761. The van der Waals surface area contributed by atoms with Crippen molar-refractivity contribution in [2.45, 2.75) is 161 Å². The summed E-state index contributed by atoms with van der Waals surface area (Å²) in [6, 6.07) is 0. The van der Waals surface area contributed by atoms with Crippen molar-refractivity contribution in [3.63, 3.8) is 0 Å². The van der Waals surface area contributed by atoms with Gasteiger partial charge in [0, 0.05) is 12.8 Å². The first-order valence-electron chi connectivity index (χ1n) is 17.1. The number of rotatable bonds is 32. The van der Waals surface area contributed by atoms with Crippen LogP contribution in [-0.4, -0.2) is 65.7 Å². The van der Waals surface area contributed by atoms with Gasteiger partial charge >= 0.3 is 19.8 Å². The number of esters is 2. The van der Waals surface area contributed by atoms with Gasteiger partial charge in [-0.2, -0.15) is 0 Å².